The van der Waals surface area contributed by atoms with E-state index < -0.39 is 10.0 Å². The number of hydrogen-bond donors (Lipinski definition) is 0. The molecule has 0 aliphatic rings. The molecule has 4 nitrogen and oxygen atoms in total. The highest BCUT2D eigenvalue weighted by Gasteiger charge is 2.23. The van der Waals surface area contributed by atoms with E-state index >= 15 is 0 Å². The topological polar surface area (TPSA) is 50.3 Å². The van der Waals surface area contributed by atoms with Crippen LogP contribution in [0.1, 0.15) is 5.56 Å². The second-order valence-corrected chi connectivity index (χ2v) is 9.63. The Kier molecular flexibility index (Phi) is 4.45. The number of nitrogens with zero attached hydrogens (tertiary/aromatic N) is 2. The molecular weight excluding hydrogens is 380 g/mol. The predicted octanol–water partition coefficient (Wildman–Crippen LogP) is 3.44. The molecule has 2 aromatic rings. The SMILES string of the molecule is CN(Cc1csc(Br)c1)S(=O)(=O)c1cnc(Cl)s1. The summed E-state index contributed by atoms with van der Waals surface area (Å²) in [4.78, 5) is 3.75. The molecule has 0 fully saturated rings. The van der Waals surface area contributed by atoms with Gasteiger partial charge in [0.15, 0.2) is 8.68 Å². The van der Waals surface area contributed by atoms with Gasteiger partial charge in [-0.2, -0.15) is 4.31 Å². The number of rotatable bonds is 4. The van der Waals surface area contributed by atoms with E-state index in [2.05, 4.69) is 20.9 Å². The molecular formula is C9H8BrClN2O2S3. The average Bonchev–Trinajstić information content (AvgIpc) is 2.88. The number of thiazole rings is 1. The lowest BCUT2D eigenvalue weighted by molar-refractivity contribution is 0.469. The van der Waals surface area contributed by atoms with Gasteiger partial charge in [0.05, 0.1) is 9.98 Å². The van der Waals surface area contributed by atoms with Crippen LogP contribution >= 0.6 is 50.2 Å². The quantitative estimate of drug-likeness (QED) is 0.807. The van der Waals surface area contributed by atoms with E-state index in [-0.39, 0.29) is 8.68 Å². The maximum absolute atomic E-state index is 12.2. The Hall–Kier alpha value is 0.01000. The first-order valence-electron chi connectivity index (χ1n) is 4.70. The highest BCUT2D eigenvalue weighted by molar-refractivity contribution is 9.11. The maximum atomic E-state index is 12.2. The average molecular weight is 388 g/mol. The van der Waals surface area contributed by atoms with Gasteiger partial charge in [-0.25, -0.2) is 13.4 Å². The van der Waals surface area contributed by atoms with Crippen molar-refractivity contribution in [2.75, 3.05) is 7.05 Å². The Labute approximate surface area is 126 Å². The van der Waals surface area contributed by atoms with Crippen LogP contribution in [0.5, 0.6) is 0 Å². The van der Waals surface area contributed by atoms with E-state index in [1.807, 2.05) is 11.4 Å². The van der Waals surface area contributed by atoms with Gasteiger partial charge in [-0.1, -0.05) is 22.9 Å². The summed E-state index contributed by atoms with van der Waals surface area (Å²) >= 11 is 11.5. The largest absolute Gasteiger partial charge is 0.254 e. The first-order valence-corrected chi connectivity index (χ1v) is 9.01. The molecule has 0 atom stereocenters. The van der Waals surface area contributed by atoms with E-state index in [1.54, 1.807) is 0 Å². The van der Waals surface area contributed by atoms with Crippen molar-refractivity contribution in [1.82, 2.24) is 9.29 Å². The second-order valence-electron chi connectivity index (χ2n) is 3.45. The van der Waals surface area contributed by atoms with Gasteiger partial charge in [-0.3, -0.25) is 0 Å². The summed E-state index contributed by atoms with van der Waals surface area (Å²) in [5.41, 5.74) is 0.938. The third-order valence-electron chi connectivity index (χ3n) is 2.15. The predicted molar refractivity (Wildman–Crippen MR) is 77.8 cm³/mol. The van der Waals surface area contributed by atoms with E-state index in [4.69, 9.17) is 11.6 Å². The molecule has 9 heteroatoms. The van der Waals surface area contributed by atoms with E-state index in [0.29, 0.717) is 6.54 Å². The Morgan fingerprint density at radius 1 is 1.56 bits per heavy atom. The molecule has 2 rings (SSSR count). The van der Waals surface area contributed by atoms with Gasteiger partial charge in [0.25, 0.3) is 10.0 Å². The number of sulfonamides is 1. The van der Waals surface area contributed by atoms with Gasteiger partial charge in [-0.15, -0.1) is 11.3 Å². The number of halogens is 2. The van der Waals surface area contributed by atoms with Gasteiger partial charge in [0.2, 0.25) is 0 Å². The van der Waals surface area contributed by atoms with E-state index in [9.17, 15) is 8.42 Å². The van der Waals surface area contributed by atoms with Crippen molar-refractivity contribution in [1.29, 1.82) is 0 Å². The highest BCUT2D eigenvalue weighted by Crippen LogP contribution is 2.27. The van der Waals surface area contributed by atoms with Crippen molar-refractivity contribution >= 4 is 60.2 Å². The highest BCUT2D eigenvalue weighted by atomic mass is 79.9. The second kappa shape index (κ2) is 5.56. The van der Waals surface area contributed by atoms with Crippen LogP contribution in [-0.2, 0) is 16.6 Å². The third kappa shape index (κ3) is 3.12. The molecule has 0 aliphatic carbocycles. The zero-order valence-corrected chi connectivity index (χ0v) is 13.9. The molecule has 2 aromatic heterocycles. The molecule has 2 heterocycles. The molecule has 98 valence electrons. The summed E-state index contributed by atoms with van der Waals surface area (Å²) in [6.07, 6.45) is 1.28. The van der Waals surface area contributed by atoms with Crippen molar-refractivity contribution in [2.24, 2.45) is 0 Å². The van der Waals surface area contributed by atoms with Crippen molar-refractivity contribution in [3.63, 3.8) is 0 Å². The van der Waals surface area contributed by atoms with Crippen molar-refractivity contribution < 1.29 is 8.42 Å². The molecule has 0 saturated heterocycles. The molecule has 0 unspecified atom stereocenters. The minimum absolute atomic E-state index is 0.157. The molecule has 0 saturated carbocycles. The summed E-state index contributed by atoms with van der Waals surface area (Å²) in [6.45, 7) is 0.319. The molecule has 18 heavy (non-hydrogen) atoms. The minimum atomic E-state index is -3.51. The summed E-state index contributed by atoms with van der Waals surface area (Å²) in [6, 6.07) is 1.90. The molecule has 0 aliphatic heterocycles. The first kappa shape index (κ1) is 14.4. The summed E-state index contributed by atoms with van der Waals surface area (Å²) < 4.78 is 27.0. The lowest BCUT2D eigenvalue weighted by Gasteiger charge is -2.14. The van der Waals surface area contributed by atoms with Gasteiger partial charge >= 0.3 is 0 Å². The summed E-state index contributed by atoms with van der Waals surface area (Å²) in [5, 5.41) is 1.91. The van der Waals surface area contributed by atoms with Gasteiger partial charge in [-0.05, 0) is 32.9 Å². The Morgan fingerprint density at radius 3 is 2.78 bits per heavy atom. The van der Waals surface area contributed by atoms with Crippen LogP contribution in [0, 0.1) is 0 Å². The lowest BCUT2D eigenvalue weighted by atomic mass is 10.3. The van der Waals surface area contributed by atoms with Gasteiger partial charge in [0.1, 0.15) is 0 Å². The van der Waals surface area contributed by atoms with Gasteiger partial charge < -0.3 is 0 Å². The van der Waals surface area contributed by atoms with Crippen molar-refractivity contribution in [3.8, 4) is 0 Å². The van der Waals surface area contributed by atoms with Crippen molar-refractivity contribution in [3.05, 3.63) is 31.5 Å². The monoisotopic (exact) mass is 386 g/mol. The standard InChI is InChI=1S/C9H8BrClN2O2S3/c1-13(4-6-2-7(10)16-5-6)18(14,15)8-3-12-9(11)17-8/h2-3,5H,4H2,1H3. The van der Waals surface area contributed by atoms with Crippen LogP contribution < -0.4 is 0 Å². The lowest BCUT2D eigenvalue weighted by Crippen LogP contribution is -2.25. The minimum Gasteiger partial charge on any atom is -0.232 e. The fourth-order valence-electron chi connectivity index (χ4n) is 1.28. The zero-order valence-electron chi connectivity index (χ0n) is 9.13. The molecule has 0 N–H and O–H groups in total. The van der Waals surface area contributed by atoms with Crippen molar-refractivity contribution in [2.45, 2.75) is 10.8 Å². The normalized spacial score (nSPS) is 12.2. The summed E-state index contributed by atoms with van der Waals surface area (Å²) in [5.74, 6) is 0. The molecule has 0 aromatic carbocycles. The Balaban J connectivity index is 2.20. The fraction of sp³-hybridized carbons (Fsp3) is 0.222. The first-order chi connectivity index (χ1) is 8.39. The Bertz CT molecular complexity index is 652. The van der Waals surface area contributed by atoms with Crippen LogP contribution in [-0.4, -0.2) is 24.8 Å². The van der Waals surface area contributed by atoms with Crippen LogP contribution in [0.15, 0.2) is 25.6 Å². The molecule has 0 amide bonds. The van der Waals surface area contributed by atoms with Crippen LogP contribution in [0.2, 0.25) is 4.47 Å². The van der Waals surface area contributed by atoms with E-state index in [1.165, 1.54) is 28.9 Å². The number of aromatic nitrogens is 1. The Morgan fingerprint density at radius 2 is 2.28 bits per heavy atom. The molecule has 0 radical (unpaired) electrons. The fourth-order valence-corrected chi connectivity index (χ4v) is 5.15. The summed E-state index contributed by atoms with van der Waals surface area (Å²) in [7, 11) is -1.98. The third-order valence-corrected chi connectivity index (χ3v) is 7.06. The number of thiophene rings is 1. The van der Waals surface area contributed by atoms with E-state index in [0.717, 1.165) is 20.7 Å². The molecule has 0 spiro atoms. The van der Waals surface area contributed by atoms with Crippen LogP contribution in [0.25, 0.3) is 0 Å². The van der Waals surface area contributed by atoms with Gasteiger partial charge in [0, 0.05) is 13.6 Å². The van der Waals surface area contributed by atoms with Crippen LogP contribution in [0.4, 0.5) is 0 Å². The smallest absolute Gasteiger partial charge is 0.232 e. The number of hydrogen-bond acceptors (Lipinski definition) is 5. The molecule has 0 bridgehead atoms. The van der Waals surface area contributed by atoms with Crippen LogP contribution in [0.3, 0.4) is 0 Å². The maximum Gasteiger partial charge on any atom is 0.254 e. The zero-order chi connectivity index (χ0) is 13.3.